The molecule has 0 fully saturated rings. The molecule has 5 heteroatoms. The molecule has 1 rings (SSSR count). The normalized spacial score (nSPS) is 10.2. The first-order valence-electron chi connectivity index (χ1n) is 6.39. The molecule has 0 spiro atoms. The van der Waals surface area contributed by atoms with Gasteiger partial charge in [0.2, 0.25) is 0 Å². The van der Waals surface area contributed by atoms with Gasteiger partial charge in [-0.1, -0.05) is 19.9 Å². The van der Waals surface area contributed by atoms with Crippen LogP contribution in [0.2, 0.25) is 0 Å². The van der Waals surface area contributed by atoms with E-state index < -0.39 is 5.97 Å². The summed E-state index contributed by atoms with van der Waals surface area (Å²) < 4.78 is 16.7. The molecule has 0 aliphatic heterocycles. The third-order valence-corrected chi connectivity index (χ3v) is 3.37. The van der Waals surface area contributed by atoms with E-state index in [1.807, 2.05) is 6.07 Å². The van der Waals surface area contributed by atoms with Gasteiger partial charge in [0, 0.05) is 13.2 Å². The second-order valence-electron chi connectivity index (χ2n) is 4.22. The van der Waals surface area contributed by atoms with Crippen molar-refractivity contribution < 1.29 is 19.0 Å². The maximum Gasteiger partial charge on any atom is 0.341 e. The molecule has 0 bridgehead atoms. The Morgan fingerprint density at radius 2 is 2.15 bits per heavy atom. The smallest absolute Gasteiger partial charge is 0.341 e. The number of benzene rings is 1. The van der Waals surface area contributed by atoms with Crippen molar-refractivity contribution >= 4 is 28.6 Å². The highest BCUT2D eigenvalue weighted by Crippen LogP contribution is 2.27. The molecule has 0 saturated carbocycles. The molecule has 0 N–H and O–H groups in total. The summed E-state index contributed by atoms with van der Waals surface area (Å²) in [5.74, 6) is 0.674. The number of methoxy groups -OCH3 is 1. The standard InChI is InChI=1S/C15H19IO4/c1-4-5-8-19-14-9-12(6-7-13(14)16)20-15(17)11(2)10-18-3/h6-7,9H,2,4-5,8,10H2,1,3H3. The zero-order valence-corrected chi connectivity index (χ0v) is 13.9. The minimum absolute atomic E-state index is 0.156. The number of carbonyl (C=O) groups excluding carboxylic acids is 1. The van der Waals surface area contributed by atoms with Gasteiger partial charge in [-0.3, -0.25) is 0 Å². The number of unbranched alkanes of at least 4 members (excludes halogenated alkanes) is 1. The molecule has 0 aliphatic rings. The van der Waals surface area contributed by atoms with Gasteiger partial charge < -0.3 is 14.2 Å². The van der Waals surface area contributed by atoms with E-state index in [0.717, 1.165) is 22.2 Å². The number of halogens is 1. The van der Waals surface area contributed by atoms with Gasteiger partial charge >= 0.3 is 5.97 Å². The van der Waals surface area contributed by atoms with Crippen LogP contribution in [0.5, 0.6) is 11.5 Å². The van der Waals surface area contributed by atoms with E-state index in [4.69, 9.17) is 14.2 Å². The number of esters is 1. The lowest BCUT2D eigenvalue weighted by molar-refractivity contribution is -0.130. The van der Waals surface area contributed by atoms with E-state index in [9.17, 15) is 4.79 Å². The fourth-order valence-electron chi connectivity index (χ4n) is 1.40. The van der Waals surface area contributed by atoms with Crippen LogP contribution >= 0.6 is 22.6 Å². The van der Waals surface area contributed by atoms with Crippen LogP contribution in [0, 0.1) is 3.57 Å². The minimum Gasteiger partial charge on any atom is -0.492 e. The van der Waals surface area contributed by atoms with Gasteiger partial charge in [0.1, 0.15) is 11.5 Å². The zero-order chi connectivity index (χ0) is 15.0. The van der Waals surface area contributed by atoms with Gasteiger partial charge in [-0.25, -0.2) is 4.79 Å². The Morgan fingerprint density at radius 1 is 1.40 bits per heavy atom. The molecule has 0 aromatic heterocycles. The fraction of sp³-hybridized carbons (Fsp3) is 0.400. The number of carbonyl (C=O) groups is 1. The van der Waals surface area contributed by atoms with Crippen LogP contribution in [0.25, 0.3) is 0 Å². The van der Waals surface area contributed by atoms with Crippen LogP contribution in [-0.2, 0) is 9.53 Å². The number of rotatable bonds is 8. The van der Waals surface area contributed by atoms with Crippen molar-refractivity contribution in [2.45, 2.75) is 19.8 Å². The van der Waals surface area contributed by atoms with Crippen molar-refractivity contribution in [3.05, 3.63) is 33.9 Å². The highest BCUT2D eigenvalue weighted by molar-refractivity contribution is 14.1. The topological polar surface area (TPSA) is 44.8 Å². The molecule has 0 atom stereocenters. The van der Waals surface area contributed by atoms with E-state index in [0.29, 0.717) is 12.4 Å². The average Bonchev–Trinajstić information content (AvgIpc) is 2.42. The molecule has 0 heterocycles. The number of hydrogen-bond donors (Lipinski definition) is 0. The molecule has 0 radical (unpaired) electrons. The van der Waals surface area contributed by atoms with Crippen LogP contribution in [0.15, 0.2) is 30.4 Å². The fourth-order valence-corrected chi connectivity index (χ4v) is 1.89. The summed E-state index contributed by atoms with van der Waals surface area (Å²) in [7, 11) is 1.50. The van der Waals surface area contributed by atoms with E-state index in [1.165, 1.54) is 7.11 Å². The van der Waals surface area contributed by atoms with Crippen molar-refractivity contribution in [3.8, 4) is 11.5 Å². The molecule has 20 heavy (non-hydrogen) atoms. The Balaban J connectivity index is 2.69. The molecule has 0 aliphatic carbocycles. The summed E-state index contributed by atoms with van der Waals surface area (Å²) in [5, 5.41) is 0. The second kappa shape index (κ2) is 8.97. The second-order valence-corrected chi connectivity index (χ2v) is 5.38. The van der Waals surface area contributed by atoms with Crippen LogP contribution < -0.4 is 9.47 Å². The maximum atomic E-state index is 11.7. The monoisotopic (exact) mass is 390 g/mol. The van der Waals surface area contributed by atoms with Gasteiger partial charge in [0.15, 0.2) is 0 Å². The lowest BCUT2D eigenvalue weighted by Crippen LogP contribution is -2.14. The van der Waals surface area contributed by atoms with Crippen LogP contribution in [0.3, 0.4) is 0 Å². The van der Waals surface area contributed by atoms with Crippen LogP contribution in [-0.4, -0.2) is 26.3 Å². The number of hydrogen-bond acceptors (Lipinski definition) is 4. The molecular formula is C15H19IO4. The first-order valence-corrected chi connectivity index (χ1v) is 7.47. The van der Waals surface area contributed by atoms with Crippen molar-refractivity contribution in [2.75, 3.05) is 20.3 Å². The van der Waals surface area contributed by atoms with Crippen LogP contribution in [0.1, 0.15) is 19.8 Å². The summed E-state index contributed by atoms with van der Waals surface area (Å²) in [6, 6.07) is 5.30. The van der Waals surface area contributed by atoms with Gasteiger partial charge in [0.25, 0.3) is 0 Å². The highest BCUT2D eigenvalue weighted by Gasteiger charge is 2.11. The number of ether oxygens (including phenoxy) is 3. The van der Waals surface area contributed by atoms with Gasteiger partial charge in [-0.05, 0) is 41.1 Å². The lowest BCUT2D eigenvalue weighted by atomic mass is 10.3. The van der Waals surface area contributed by atoms with E-state index >= 15 is 0 Å². The van der Waals surface area contributed by atoms with Crippen LogP contribution in [0.4, 0.5) is 0 Å². The van der Waals surface area contributed by atoms with Gasteiger partial charge in [-0.2, -0.15) is 0 Å². The van der Waals surface area contributed by atoms with E-state index in [-0.39, 0.29) is 12.2 Å². The van der Waals surface area contributed by atoms with Crippen molar-refractivity contribution in [2.24, 2.45) is 0 Å². The first kappa shape index (κ1) is 17.0. The quantitative estimate of drug-likeness (QED) is 0.224. The summed E-state index contributed by atoms with van der Waals surface area (Å²) in [6.45, 7) is 6.52. The molecule has 110 valence electrons. The Hall–Kier alpha value is -1.08. The molecular weight excluding hydrogens is 371 g/mol. The summed E-state index contributed by atoms with van der Waals surface area (Å²) >= 11 is 2.19. The molecule has 0 unspecified atom stereocenters. The SMILES string of the molecule is C=C(COC)C(=O)Oc1ccc(I)c(OCCCC)c1. The highest BCUT2D eigenvalue weighted by atomic mass is 127. The minimum atomic E-state index is -0.493. The van der Waals surface area contributed by atoms with E-state index in [1.54, 1.807) is 12.1 Å². The largest absolute Gasteiger partial charge is 0.492 e. The Labute approximate surface area is 133 Å². The molecule has 1 aromatic rings. The Morgan fingerprint density at radius 3 is 2.80 bits per heavy atom. The van der Waals surface area contributed by atoms with Crippen molar-refractivity contribution in [1.29, 1.82) is 0 Å². The molecule has 4 nitrogen and oxygen atoms in total. The third kappa shape index (κ3) is 5.50. The first-order chi connectivity index (χ1) is 9.58. The molecule has 0 saturated heterocycles. The van der Waals surface area contributed by atoms with Gasteiger partial charge in [0.05, 0.1) is 22.4 Å². The zero-order valence-electron chi connectivity index (χ0n) is 11.8. The predicted molar refractivity (Wildman–Crippen MR) is 86.2 cm³/mol. The summed E-state index contributed by atoms with van der Waals surface area (Å²) in [5.41, 5.74) is 0.277. The average molecular weight is 390 g/mol. The third-order valence-electron chi connectivity index (χ3n) is 2.48. The van der Waals surface area contributed by atoms with E-state index in [2.05, 4.69) is 36.1 Å². The maximum absolute atomic E-state index is 11.7. The predicted octanol–water partition coefficient (Wildman–Crippen LogP) is 3.58. The molecule has 1 aromatic carbocycles. The Kier molecular flexibility index (Phi) is 7.61. The summed E-state index contributed by atoms with van der Waals surface area (Å²) in [4.78, 5) is 11.7. The van der Waals surface area contributed by atoms with Gasteiger partial charge in [-0.15, -0.1) is 0 Å². The van der Waals surface area contributed by atoms with Crippen molar-refractivity contribution in [1.82, 2.24) is 0 Å². The summed E-state index contributed by atoms with van der Waals surface area (Å²) in [6.07, 6.45) is 2.06. The van der Waals surface area contributed by atoms with Crippen molar-refractivity contribution in [3.63, 3.8) is 0 Å². The Bertz CT molecular complexity index is 471. The lowest BCUT2D eigenvalue weighted by Gasteiger charge is -2.10. The molecule has 0 amide bonds.